The summed E-state index contributed by atoms with van der Waals surface area (Å²) in [6.07, 6.45) is 7.30. The van der Waals surface area contributed by atoms with E-state index >= 15 is 0 Å². The van der Waals surface area contributed by atoms with Gasteiger partial charge in [-0.2, -0.15) is 5.26 Å². The maximum atomic E-state index is 12.9. The quantitative estimate of drug-likeness (QED) is 0.869. The van der Waals surface area contributed by atoms with Crippen molar-refractivity contribution in [2.45, 2.75) is 45.2 Å². The number of hydrogen-bond acceptors (Lipinski definition) is 3. The molecule has 1 atom stereocenters. The summed E-state index contributed by atoms with van der Waals surface area (Å²) >= 11 is 0. The lowest BCUT2D eigenvalue weighted by Gasteiger charge is -2.35. The molecule has 2 heterocycles. The lowest BCUT2D eigenvalue weighted by molar-refractivity contribution is -0.134. The molecule has 1 aliphatic rings. The van der Waals surface area contributed by atoms with Crippen molar-refractivity contribution in [2.75, 3.05) is 6.54 Å². The second-order valence-electron chi connectivity index (χ2n) is 6.16. The number of nitriles is 1. The van der Waals surface area contributed by atoms with Crippen LogP contribution in [0.3, 0.4) is 0 Å². The molecule has 2 aromatic rings. The van der Waals surface area contributed by atoms with Gasteiger partial charge >= 0.3 is 0 Å². The highest BCUT2D eigenvalue weighted by Gasteiger charge is 2.30. The van der Waals surface area contributed by atoms with Crippen LogP contribution in [0.5, 0.6) is 0 Å². The Labute approximate surface area is 142 Å². The molecule has 3 rings (SSSR count). The Kier molecular flexibility index (Phi) is 4.95. The first-order valence-electron chi connectivity index (χ1n) is 8.52. The molecule has 5 heteroatoms. The van der Waals surface area contributed by atoms with Crippen LogP contribution < -0.4 is 0 Å². The van der Waals surface area contributed by atoms with Gasteiger partial charge in [-0.05, 0) is 43.9 Å². The number of piperidine rings is 1. The third-order valence-corrected chi connectivity index (χ3v) is 4.65. The van der Waals surface area contributed by atoms with Crippen molar-refractivity contribution in [1.82, 2.24) is 14.5 Å². The van der Waals surface area contributed by atoms with Crippen LogP contribution in [0.15, 0.2) is 36.7 Å². The highest BCUT2D eigenvalue weighted by atomic mass is 16.2. The van der Waals surface area contributed by atoms with Gasteiger partial charge in [-0.3, -0.25) is 4.79 Å². The second kappa shape index (κ2) is 7.31. The minimum atomic E-state index is 0.0691. The molecule has 1 aliphatic heterocycles. The van der Waals surface area contributed by atoms with Crippen LogP contribution in [0.25, 0.3) is 0 Å². The summed E-state index contributed by atoms with van der Waals surface area (Å²) in [5.74, 6) is 1.13. The minimum Gasteiger partial charge on any atom is -0.333 e. The number of carbonyl (C=O) groups excluding carboxylic acids is 1. The number of likely N-dealkylation sites (tertiary alicyclic amines) is 1. The van der Waals surface area contributed by atoms with Gasteiger partial charge in [-0.1, -0.05) is 12.1 Å². The maximum Gasteiger partial charge on any atom is 0.227 e. The van der Waals surface area contributed by atoms with E-state index in [0.717, 1.165) is 43.7 Å². The number of benzene rings is 1. The molecule has 0 spiro atoms. The molecule has 0 bridgehead atoms. The molecule has 1 aromatic carbocycles. The Morgan fingerprint density at radius 3 is 2.83 bits per heavy atom. The van der Waals surface area contributed by atoms with Crippen molar-refractivity contribution in [3.63, 3.8) is 0 Å². The van der Waals surface area contributed by atoms with Gasteiger partial charge in [0.15, 0.2) is 0 Å². The van der Waals surface area contributed by atoms with E-state index in [1.807, 2.05) is 29.4 Å². The average molecular weight is 322 g/mol. The normalized spacial score (nSPS) is 17.5. The lowest BCUT2D eigenvalue weighted by atomic mass is 9.99. The van der Waals surface area contributed by atoms with Crippen LogP contribution in [-0.2, 0) is 17.8 Å². The lowest BCUT2D eigenvalue weighted by Crippen LogP contribution is -2.40. The summed E-state index contributed by atoms with van der Waals surface area (Å²) in [5.41, 5.74) is 1.56. The number of aromatic nitrogens is 2. The Balaban J connectivity index is 1.77. The van der Waals surface area contributed by atoms with Gasteiger partial charge in [-0.25, -0.2) is 4.98 Å². The zero-order chi connectivity index (χ0) is 16.9. The molecule has 0 radical (unpaired) electrons. The Morgan fingerprint density at radius 2 is 2.12 bits per heavy atom. The molecule has 0 N–H and O–H groups in total. The molecule has 124 valence electrons. The summed E-state index contributed by atoms with van der Waals surface area (Å²) in [5, 5.41) is 8.87. The van der Waals surface area contributed by atoms with Crippen LogP contribution in [0, 0.1) is 11.3 Å². The van der Waals surface area contributed by atoms with Crippen molar-refractivity contribution in [3.8, 4) is 6.07 Å². The Morgan fingerprint density at radius 1 is 1.33 bits per heavy atom. The van der Waals surface area contributed by atoms with Gasteiger partial charge in [0.2, 0.25) is 5.91 Å². The third kappa shape index (κ3) is 3.33. The maximum absolute atomic E-state index is 12.9. The number of amides is 1. The van der Waals surface area contributed by atoms with Crippen molar-refractivity contribution < 1.29 is 4.79 Å². The molecule has 5 nitrogen and oxygen atoms in total. The van der Waals surface area contributed by atoms with E-state index in [9.17, 15) is 4.79 Å². The molecule has 1 amide bonds. The Bertz CT molecular complexity index is 741. The first kappa shape index (κ1) is 16.3. The average Bonchev–Trinajstić information content (AvgIpc) is 3.11. The second-order valence-corrected chi connectivity index (χ2v) is 6.16. The van der Waals surface area contributed by atoms with Crippen molar-refractivity contribution >= 4 is 5.91 Å². The summed E-state index contributed by atoms with van der Waals surface area (Å²) in [4.78, 5) is 19.3. The van der Waals surface area contributed by atoms with E-state index < -0.39 is 0 Å². The molecule has 1 saturated heterocycles. The van der Waals surface area contributed by atoms with Crippen LogP contribution >= 0.6 is 0 Å². The van der Waals surface area contributed by atoms with E-state index in [4.69, 9.17) is 5.26 Å². The SMILES string of the molecule is CCn1ccnc1[C@@H]1CCCCN1C(=O)Cc1ccc(C#N)cc1. The van der Waals surface area contributed by atoms with E-state index in [-0.39, 0.29) is 11.9 Å². The fourth-order valence-corrected chi connectivity index (χ4v) is 3.36. The minimum absolute atomic E-state index is 0.0691. The molecule has 0 aliphatic carbocycles. The van der Waals surface area contributed by atoms with E-state index in [1.165, 1.54) is 0 Å². The van der Waals surface area contributed by atoms with E-state index in [2.05, 4.69) is 22.5 Å². The first-order valence-corrected chi connectivity index (χ1v) is 8.52. The summed E-state index contributed by atoms with van der Waals surface area (Å²) in [7, 11) is 0. The number of carbonyl (C=O) groups is 1. The van der Waals surface area contributed by atoms with Crippen LogP contribution in [-0.4, -0.2) is 26.9 Å². The van der Waals surface area contributed by atoms with Crippen LogP contribution in [0.2, 0.25) is 0 Å². The zero-order valence-electron chi connectivity index (χ0n) is 14.0. The number of aryl methyl sites for hydroxylation is 1. The van der Waals surface area contributed by atoms with Crippen LogP contribution in [0.4, 0.5) is 0 Å². The number of nitrogens with zero attached hydrogens (tertiary/aromatic N) is 4. The number of rotatable bonds is 4. The number of hydrogen-bond donors (Lipinski definition) is 0. The molecular weight excluding hydrogens is 300 g/mol. The van der Waals surface area contributed by atoms with Gasteiger partial charge in [0.05, 0.1) is 24.1 Å². The van der Waals surface area contributed by atoms with E-state index in [0.29, 0.717) is 12.0 Å². The highest BCUT2D eigenvalue weighted by Crippen LogP contribution is 2.30. The van der Waals surface area contributed by atoms with Crippen molar-refractivity contribution in [2.24, 2.45) is 0 Å². The van der Waals surface area contributed by atoms with Gasteiger partial charge in [0, 0.05) is 25.5 Å². The fraction of sp³-hybridized carbons (Fsp3) is 0.421. The Hall–Kier alpha value is -2.61. The largest absolute Gasteiger partial charge is 0.333 e. The predicted molar refractivity (Wildman–Crippen MR) is 91.1 cm³/mol. The first-order chi connectivity index (χ1) is 11.7. The monoisotopic (exact) mass is 322 g/mol. The van der Waals surface area contributed by atoms with Crippen molar-refractivity contribution in [1.29, 1.82) is 5.26 Å². The van der Waals surface area contributed by atoms with Gasteiger partial charge in [-0.15, -0.1) is 0 Å². The summed E-state index contributed by atoms with van der Waals surface area (Å²) < 4.78 is 2.12. The van der Waals surface area contributed by atoms with Crippen molar-refractivity contribution in [3.05, 3.63) is 53.6 Å². The topological polar surface area (TPSA) is 61.9 Å². The molecular formula is C19H22N4O. The molecule has 1 aromatic heterocycles. The summed E-state index contributed by atoms with van der Waals surface area (Å²) in [6.45, 7) is 3.75. The molecule has 0 unspecified atom stereocenters. The number of imidazole rings is 1. The molecule has 24 heavy (non-hydrogen) atoms. The zero-order valence-corrected chi connectivity index (χ0v) is 14.0. The van der Waals surface area contributed by atoms with Gasteiger partial charge in [0.25, 0.3) is 0 Å². The van der Waals surface area contributed by atoms with Crippen LogP contribution in [0.1, 0.15) is 49.2 Å². The standard InChI is InChI=1S/C19H22N4O/c1-2-22-12-10-21-19(22)17-5-3-4-11-23(17)18(24)13-15-6-8-16(14-20)9-7-15/h6-10,12,17H,2-5,11,13H2,1H3/t17-/m0/s1. The third-order valence-electron chi connectivity index (χ3n) is 4.65. The highest BCUT2D eigenvalue weighted by molar-refractivity contribution is 5.79. The van der Waals surface area contributed by atoms with E-state index in [1.54, 1.807) is 12.1 Å². The van der Waals surface area contributed by atoms with Gasteiger partial charge < -0.3 is 9.47 Å². The molecule has 1 fully saturated rings. The fourth-order valence-electron chi connectivity index (χ4n) is 3.36. The smallest absolute Gasteiger partial charge is 0.227 e. The summed E-state index contributed by atoms with van der Waals surface area (Å²) in [6, 6.07) is 9.43. The predicted octanol–water partition coefficient (Wildman–Crippen LogP) is 3.07. The van der Waals surface area contributed by atoms with Gasteiger partial charge in [0.1, 0.15) is 5.82 Å². The molecule has 0 saturated carbocycles.